The Hall–Kier alpha value is -0.490. The molecule has 0 saturated heterocycles. The van der Waals surface area contributed by atoms with E-state index in [9.17, 15) is 0 Å². The number of aromatic nitrogens is 1. The molecule has 0 amide bonds. The third-order valence-electron chi connectivity index (χ3n) is 2.92. The summed E-state index contributed by atoms with van der Waals surface area (Å²) in [6.45, 7) is 6.45. The maximum absolute atomic E-state index is 5.39. The molecule has 5 heteroatoms. The third-order valence-corrected chi connectivity index (χ3v) is 3.87. The molecule has 1 rings (SSSR count). The van der Waals surface area contributed by atoms with Gasteiger partial charge in [0.05, 0.1) is 18.8 Å². The summed E-state index contributed by atoms with van der Waals surface area (Å²) in [5.41, 5.74) is -0.221. The van der Waals surface area contributed by atoms with Crippen molar-refractivity contribution in [3.63, 3.8) is 0 Å². The minimum atomic E-state index is -0.221. The van der Waals surface area contributed by atoms with E-state index in [-0.39, 0.29) is 5.54 Å². The molecule has 1 atom stereocenters. The average molecular weight is 258 g/mol. The predicted molar refractivity (Wildman–Crippen MR) is 70.4 cm³/mol. The fourth-order valence-corrected chi connectivity index (χ4v) is 2.80. The fourth-order valence-electron chi connectivity index (χ4n) is 1.85. The highest BCUT2D eigenvalue weighted by Crippen LogP contribution is 2.31. The van der Waals surface area contributed by atoms with Crippen LogP contribution >= 0.6 is 11.3 Å². The lowest BCUT2D eigenvalue weighted by Crippen LogP contribution is -2.51. The van der Waals surface area contributed by atoms with E-state index in [1.807, 2.05) is 11.6 Å². The van der Waals surface area contributed by atoms with Gasteiger partial charge in [0.15, 0.2) is 0 Å². The molecule has 1 aromatic heterocycles. The standard InChI is InChI=1S/C12H22N2O2S/c1-10(2)12(9-16-4,14-5-7-15-3)11-13-6-8-17-11/h6,8,10,14H,5,7,9H2,1-4H3. The SMILES string of the molecule is COCCNC(COC)(c1nccs1)C(C)C. The van der Waals surface area contributed by atoms with E-state index in [2.05, 4.69) is 24.1 Å². The van der Waals surface area contributed by atoms with Crippen LogP contribution in [-0.2, 0) is 15.0 Å². The van der Waals surface area contributed by atoms with Crippen LogP contribution in [0.5, 0.6) is 0 Å². The van der Waals surface area contributed by atoms with Gasteiger partial charge >= 0.3 is 0 Å². The first-order valence-corrected chi connectivity index (χ1v) is 6.68. The van der Waals surface area contributed by atoms with Crippen molar-refractivity contribution in [3.05, 3.63) is 16.6 Å². The highest BCUT2D eigenvalue weighted by Gasteiger charge is 2.37. The summed E-state index contributed by atoms with van der Waals surface area (Å²) in [6.07, 6.45) is 1.84. The van der Waals surface area contributed by atoms with E-state index in [0.29, 0.717) is 19.1 Å². The second kappa shape index (κ2) is 7.06. The Balaban J connectivity index is 2.88. The summed E-state index contributed by atoms with van der Waals surface area (Å²) in [4.78, 5) is 4.44. The lowest BCUT2D eigenvalue weighted by molar-refractivity contribution is 0.0688. The van der Waals surface area contributed by atoms with E-state index in [1.165, 1.54) is 0 Å². The molecule has 0 aliphatic rings. The number of hydrogen-bond acceptors (Lipinski definition) is 5. The first kappa shape index (κ1) is 14.6. The molecule has 0 aliphatic carbocycles. The van der Waals surface area contributed by atoms with Crippen LogP contribution in [0.1, 0.15) is 18.9 Å². The molecule has 0 spiro atoms. The lowest BCUT2D eigenvalue weighted by atomic mass is 9.87. The van der Waals surface area contributed by atoms with Crippen LogP contribution in [0.2, 0.25) is 0 Å². The van der Waals surface area contributed by atoms with E-state index in [1.54, 1.807) is 25.6 Å². The normalized spacial score (nSPS) is 15.1. The average Bonchev–Trinajstić information content (AvgIpc) is 2.81. The summed E-state index contributed by atoms with van der Waals surface area (Å²) in [7, 11) is 3.43. The van der Waals surface area contributed by atoms with Crippen LogP contribution in [0.15, 0.2) is 11.6 Å². The molecule has 98 valence electrons. The van der Waals surface area contributed by atoms with Crippen molar-refractivity contribution in [3.8, 4) is 0 Å². The lowest BCUT2D eigenvalue weighted by Gasteiger charge is -2.36. The minimum absolute atomic E-state index is 0.221. The Morgan fingerprint density at radius 2 is 2.18 bits per heavy atom. The molecular formula is C12H22N2O2S. The van der Waals surface area contributed by atoms with Gasteiger partial charge in [0.1, 0.15) is 5.01 Å². The second-order valence-electron chi connectivity index (χ2n) is 4.32. The zero-order valence-corrected chi connectivity index (χ0v) is 11.8. The quantitative estimate of drug-likeness (QED) is 0.723. The number of nitrogens with zero attached hydrogens (tertiary/aromatic N) is 1. The number of thiazole rings is 1. The Kier molecular flexibility index (Phi) is 6.05. The van der Waals surface area contributed by atoms with Gasteiger partial charge in [0.25, 0.3) is 0 Å². The Morgan fingerprint density at radius 1 is 1.41 bits per heavy atom. The molecule has 4 nitrogen and oxygen atoms in total. The van der Waals surface area contributed by atoms with E-state index in [4.69, 9.17) is 9.47 Å². The number of methoxy groups -OCH3 is 2. The monoisotopic (exact) mass is 258 g/mol. The second-order valence-corrected chi connectivity index (χ2v) is 5.21. The molecule has 1 aromatic rings. The zero-order valence-electron chi connectivity index (χ0n) is 11.0. The van der Waals surface area contributed by atoms with Gasteiger partial charge in [-0.05, 0) is 5.92 Å². The van der Waals surface area contributed by atoms with Crippen molar-refractivity contribution in [2.24, 2.45) is 5.92 Å². The van der Waals surface area contributed by atoms with Crippen LogP contribution in [0.3, 0.4) is 0 Å². The minimum Gasteiger partial charge on any atom is -0.383 e. The van der Waals surface area contributed by atoms with Gasteiger partial charge in [-0.25, -0.2) is 4.98 Å². The molecule has 0 aliphatic heterocycles. The van der Waals surface area contributed by atoms with Crippen molar-refractivity contribution in [1.82, 2.24) is 10.3 Å². The third kappa shape index (κ3) is 3.48. The molecule has 0 bridgehead atoms. The molecule has 0 radical (unpaired) electrons. The number of rotatable bonds is 8. The largest absolute Gasteiger partial charge is 0.383 e. The Bertz CT molecular complexity index is 303. The van der Waals surface area contributed by atoms with Crippen molar-refractivity contribution >= 4 is 11.3 Å². The van der Waals surface area contributed by atoms with Crippen LogP contribution < -0.4 is 5.32 Å². The topological polar surface area (TPSA) is 43.4 Å². The number of hydrogen-bond donors (Lipinski definition) is 1. The highest BCUT2D eigenvalue weighted by molar-refractivity contribution is 7.09. The van der Waals surface area contributed by atoms with E-state index in [0.717, 1.165) is 11.6 Å². The zero-order chi connectivity index (χ0) is 12.7. The van der Waals surface area contributed by atoms with Crippen molar-refractivity contribution < 1.29 is 9.47 Å². The van der Waals surface area contributed by atoms with Gasteiger partial charge in [0.2, 0.25) is 0 Å². The van der Waals surface area contributed by atoms with Crippen LogP contribution in [0.4, 0.5) is 0 Å². The maximum atomic E-state index is 5.39. The molecule has 0 saturated carbocycles. The summed E-state index contributed by atoms with van der Waals surface area (Å²) in [5.74, 6) is 0.394. The molecule has 1 unspecified atom stereocenters. The Labute approximate surface area is 107 Å². The summed E-state index contributed by atoms with van der Waals surface area (Å²) in [6, 6.07) is 0. The predicted octanol–water partition coefficient (Wildman–Crippen LogP) is 1.88. The van der Waals surface area contributed by atoms with E-state index >= 15 is 0 Å². The van der Waals surface area contributed by atoms with E-state index < -0.39 is 0 Å². The number of ether oxygens (including phenoxy) is 2. The maximum Gasteiger partial charge on any atom is 0.115 e. The van der Waals surface area contributed by atoms with Crippen LogP contribution in [-0.4, -0.2) is 39.0 Å². The fraction of sp³-hybridized carbons (Fsp3) is 0.750. The van der Waals surface area contributed by atoms with Gasteiger partial charge in [0, 0.05) is 32.3 Å². The molecule has 0 aromatic carbocycles. The van der Waals surface area contributed by atoms with Gasteiger partial charge in [-0.1, -0.05) is 13.8 Å². The summed E-state index contributed by atoms with van der Waals surface area (Å²) in [5, 5.41) is 6.61. The summed E-state index contributed by atoms with van der Waals surface area (Å²) >= 11 is 1.66. The smallest absolute Gasteiger partial charge is 0.115 e. The molecule has 17 heavy (non-hydrogen) atoms. The highest BCUT2D eigenvalue weighted by atomic mass is 32.1. The Morgan fingerprint density at radius 3 is 2.65 bits per heavy atom. The van der Waals surface area contributed by atoms with Crippen LogP contribution in [0, 0.1) is 5.92 Å². The molecule has 1 N–H and O–H groups in total. The first-order chi connectivity index (χ1) is 8.17. The van der Waals surface area contributed by atoms with Gasteiger partial charge in [-0.3, -0.25) is 0 Å². The first-order valence-electron chi connectivity index (χ1n) is 5.80. The molecule has 1 heterocycles. The van der Waals surface area contributed by atoms with Gasteiger partial charge in [-0.2, -0.15) is 0 Å². The van der Waals surface area contributed by atoms with Gasteiger partial charge < -0.3 is 14.8 Å². The molecular weight excluding hydrogens is 236 g/mol. The van der Waals surface area contributed by atoms with Crippen LogP contribution in [0.25, 0.3) is 0 Å². The van der Waals surface area contributed by atoms with Crippen molar-refractivity contribution in [2.75, 3.05) is 34.0 Å². The van der Waals surface area contributed by atoms with Crippen molar-refractivity contribution in [1.29, 1.82) is 0 Å². The van der Waals surface area contributed by atoms with Crippen molar-refractivity contribution in [2.45, 2.75) is 19.4 Å². The van der Waals surface area contributed by atoms with Gasteiger partial charge in [-0.15, -0.1) is 11.3 Å². The summed E-state index contributed by atoms with van der Waals surface area (Å²) < 4.78 is 10.5. The molecule has 0 fully saturated rings. The number of nitrogens with one attached hydrogen (secondary N) is 1.